The molecule has 1 rings (SSSR count). The van der Waals surface area contributed by atoms with Gasteiger partial charge in [-0.2, -0.15) is 0 Å². The van der Waals surface area contributed by atoms with Crippen molar-refractivity contribution >= 4 is 5.97 Å². The van der Waals surface area contributed by atoms with Crippen molar-refractivity contribution in [3.05, 3.63) is 24.9 Å². The maximum absolute atomic E-state index is 12.1. The van der Waals surface area contributed by atoms with Gasteiger partial charge in [0.25, 0.3) is 0 Å². The Labute approximate surface area is 109 Å². The third-order valence-corrected chi connectivity index (χ3v) is 3.88. The molecule has 0 amide bonds. The van der Waals surface area contributed by atoms with Gasteiger partial charge < -0.3 is 4.74 Å². The first-order valence-electron chi connectivity index (χ1n) is 6.19. The van der Waals surface area contributed by atoms with Crippen molar-refractivity contribution in [3.63, 3.8) is 0 Å². The van der Waals surface area contributed by atoms with Crippen molar-refractivity contribution in [1.82, 2.24) is 5.06 Å². The van der Waals surface area contributed by atoms with Gasteiger partial charge in [0.2, 0.25) is 0 Å². The molecule has 0 spiro atoms. The van der Waals surface area contributed by atoms with Crippen LogP contribution in [0, 0.1) is 11.3 Å². The number of rotatable bonds is 5. The molecule has 4 heteroatoms. The van der Waals surface area contributed by atoms with E-state index in [0.717, 1.165) is 6.42 Å². The molecule has 0 aromatic heterocycles. The van der Waals surface area contributed by atoms with E-state index < -0.39 is 5.41 Å². The van der Waals surface area contributed by atoms with Crippen LogP contribution in [0.2, 0.25) is 0 Å². The molecule has 0 bridgehead atoms. The van der Waals surface area contributed by atoms with E-state index in [1.54, 1.807) is 18.2 Å². The molecule has 0 radical (unpaired) electrons. The molecule has 0 N–H and O–H groups in total. The summed E-state index contributed by atoms with van der Waals surface area (Å²) in [6, 6.07) is 0.115. The number of carbonyl (C=O) groups is 1. The van der Waals surface area contributed by atoms with Gasteiger partial charge in [-0.25, -0.2) is 0 Å². The lowest BCUT2D eigenvalue weighted by Gasteiger charge is -2.43. The number of carbonyl (C=O) groups excluding carboxylic acids is 1. The standard InChI is InChI=1S/C14H23NO3/c1-6-9-14(3,13(16)17-4)12-8-7-10-15(18-5)11(12)2/h6-7,10-12H,1,8-9H2,2-5H3. The Hall–Kier alpha value is -1.29. The van der Waals surface area contributed by atoms with Crippen molar-refractivity contribution in [2.24, 2.45) is 11.3 Å². The Balaban J connectivity index is 3.03. The molecular weight excluding hydrogens is 230 g/mol. The maximum Gasteiger partial charge on any atom is 0.312 e. The van der Waals surface area contributed by atoms with Crippen LogP contribution in [-0.4, -0.2) is 31.3 Å². The average Bonchev–Trinajstić information content (AvgIpc) is 2.38. The number of allylic oxidation sites excluding steroid dienone is 2. The fourth-order valence-corrected chi connectivity index (χ4v) is 2.76. The Kier molecular flexibility index (Phi) is 4.96. The summed E-state index contributed by atoms with van der Waals surface area (Å²) in [5, 5.41) is 1.78. The molecule has 3 atom stereocenters. The molecule has 0 fully saturated rings. The third-order valence-electron chi connectivity index (χ3n) is 3.88. The highest BCUT2D eigenvalue weighted by atomic mass is 16.7. The van der Waals surface area contributed by atoms with Gasteiger partial charge >= 0.3 is 5.97 Å². The van der Waals surface area contributed by atoms with Gasteiger partial charge in [0, 0.05) is 12.1 Å². The summed E-state index contributed by atoms with van der Waals surface area (Å²) >= 11 is 0. The van der Waals surface area contributed by atoms with Crippen LogP contribution < -0.4 is 0 Å². The molecule has 18 heavy (non-hydrogen) atoms. The Morgan fingerprint density at radius 3 is 2.78 bits per heavy atom. The highest BCUT2D eigenvalue weighted by Gasteiger charge is 2.45. The molecule has 0 aliphatic carbocycles. The Morgan fingerprint density at radius 2 is 2.28 bits per heavy atom. The molecular formula is C14H23NO3. The van der Waals surface area contributed by atoms with Crippen molar-refractivity contribution in [3.8, 4) is 0 Å². The minimum absolute atomic E-state index is 0.115. The quantitative estimate of drug-likeness (QED) is 0.557. The number of methoxy groups -OCH3 is 1. The van der Waals surface area contributed by atoms with Crippen LogP contribution in [0.5, 0.6) is 0 Å². The summed E-state index contributed by atoms with van der Waals surface area (Å²) in [5.41, 5.74) is -0.572. The molecule has 4 nitrogen and oxygen atoms in total. The molecule has 1 heterocycles. The number of hydrogen-bond donors (Lipinski definition) is 0. The zero-order valence-electron chi connectivity index (χ0n) is 11.7. The minimum atomic E-state index is -0.572. The zero-order valence-corrected chi connectivity index (χ0v) is 11.7. The van der Waals surface area contributed by atoms with E-state index >= 15 is 0 Å². The SMILES string of the molecule is C=CCC(C)(C(=O)OC)C1CC=CN(OC)C1C. The number of hydroxylamine groups is 2. The molecule has 3 unspecified atom stereocenters. The van der Waals surface area contributed by atoms with E-state index in [0.29, 0.717) is 6.42 Å². The molecule has 0 aromatic carbocycles. The van der Waals surface area contributed by atoms with Gasteiger partial charge in [0.15, 0.2) is 0 Å². The first-order valence-corrected chi connectivity index (χ1v) is 6.19. The predicted octanol–water partition coefficient (Wildman–Crippen LogP) is 2.53. The number of esters is 1. The predicted molar refractivity (Wildman–Crippen MR) is 70.5 cm³/mol. The molecule has 0 saturated carbocycles. The fourth-order valence-electron chi connectivity index (χ4n) is 2.76. The number of nitrogens with zero attached hydrogens (tertiary/aromatic N) is 1. The first kappa shape index (κ1) is 14.8. The second-order valence-electron chi connectivity index (χ2n) is 4.91. The fraction of sp³-hybridized carbons (Fsp3) is 0.643. The summed E-state index contributed by atoms with van der Waals surface area (Å²) < 4.78 is 4.97. The van der Waals surface area contributed by atoms with Crippen molar-refractivity contribution < 1.29 is 14.4 Å². The maximum atomic E-state index is 12.1. The molecule has 0 saturated heterocycles. The normalized spacial score (nSPS) is 26.6. The smallest absolute Gasteiger partial charge is 0.312 e. The van der Waals surface area contributed by atoms with Gasteiger partial charge in [0.1, 0.15) is 0 Å². The highest BCUT2D eigenvalue weighted by Crippen LogP contribution is 2.41. The van der Waals surface area contributed by atoms with Gasteiger partial charge in [-0.15, -0.1) is 6.58 Å². The van der Waals surface area contributed by atoms with Crippen molar-refractivity contribution in [2.45, 2.75) is 32.7 Å². The second kappa shape index (κ2) is 6.05. The van der Waals surface area contributed by atoms with Crippen LogP contribution in [0.25, 0.3) is 0 Å². The van der Waals surface area contributed by atoms with Crippen LogP contribution in [0.4, 0.5) is 0 Å². The van der Waals surface area contributed by atoms with Gasteiger partial charge in [-0.1, -0.05) is 12.2 Å². The monoisotopic (exact) mass is 253 g/mol. The van der Waals surface area contributed by atoms with E-state index in [4.69, 9.17) is 9.57 Å². The summed E-state index contributed by atoms with van der Waals surface area (Å²) in [5.74, 6) is -0.0569. The summed E-state index contributed by atoms with van der Waals surface area (Å²) in [6.07, 6.45) is 7.14. The summed E-state index contributed by atoms with van der Waals surface area (Å²) in [6.45, 7) is 7.75. The van der Waals surface area contributed by atoms with Crippen molar-refractivity contribution in [2.75, 3.05) is 14.2 Å². The van der Waals surface area contributed by atoms with Gasteiger partial charge in [0.05, 0.1) is 25.7 Å². The lowest BCUT2D eigenvalue weighted by atomic mass is 9.69. The molecule has 102 valence electrons. The molecule has 1 aliphatic rings. The van der Waals surface area contributed by atoms with Crippen LogP contribution in [-0.2, 0) is 14.4 Å². The van der Waals surface area contributed by atoms with Crippen LogP contribution >= 0.6 is 0 Å². The van der Waals surface area contributed by atoms with Gasteiger partial charge in [-0.3, -0.25) is 14.7 Å². The van der Waals surface area contributed by atoms with E-state index in [1.165, 1.54) is 7.11 Å². The lowest BCUT2D eigenvalue weighted by Crippen LogP contribution is -2.48. The van der Waals surface area contributed by atoms with E-state index in [2.05, 4.69) is 13.5 Å². The largest absolute Gasteiger partial charge is 0.469 e. The Bertz CT molecular complexity index is 340. The summed E-state index contributed by atoms with van der Waals surface area (Å²) in [4.78, 5) is 17.4. The first-order chi connectivity index (χ1) is 8.51. The van der Waals surface area contributed by atoms with Crippen LogP contribution in [0.1, 0.15) is 26.7 Å². The van der Waals surface area contributed by atoms with E-state index in [1.807, 2.05) is 19.2 Å². The summed E-state index contributed by atoms with van der Waals surface area (Å²) in [7, 11) is 3.06. The molecule has 1 aliphatic heterocycles. The van der Waals surface area contributed by atoms with Gasteiger partial charge in [-0.05, 0) is 26.7 Å². The van der Waals surface area contributed by atoms with Crippen molar-refractivity contribution in [1.29, 1.82) is 0 Å². The highest BCUT2D eigenvalue weighted by molar-refractivity contribution is 5.77. The van der Waals surface area contributed by atoms with E-state index in [-0.39, 0.29) is 17.9 Å². The van der Waals surface area contributed by atoms with Crippen LogP contribution in [0.3, 0.4) is 0 Å². The number of hydrogen-bond acceptors (Lipinski definition) is 4. The average molecular weight is 253 g/mol. The lowest BCUT2D eigenvalue weighted by molar-refractivity contribution is -0.170. The molecule has 0 aromatic rings. The Morgan fingerprint density at radius 1 is 1.61 bits per heavy atom. The zero-order chi connectivity index (χ0) is 13.8. The third kappa shape index (κ3) is 2.58. The minimum Gasteiger partial charge on any atom is -0.469 e. The van der Waals surface area contributed by atoms with E-state index in [9.17, 15) is 4.79 Å². The van der Waals surface area contributed by atoms with Crippen LogP contribution in [0.15, 0.2) is 24.9 Å². The second-order valence-corrected chi connectivity index (χ2v) is 4.91. The number of ether oxygens (including phenoxy) is 1. The topological polar surface area (TPSA) is 38.8 Å².